The van der Waals surface area contributed by atoms with Gasteiger partial charge in [0.05, 0.1) is 12.7 Å². The van der Waals surface area contributed by atoms with Gasteiger partial charge in [-0.25, -0.2) is 4.79 Å². The average Bonchev–Trinajstić information content (AvgIpc) is 2.75. The van der Waals surface area contributed by atoms with E-state index in [9.17, 15) is 9.59 Å². The second-order valence-corrected chi connectivity index (χ2v) is 9.04. The number of anilines is 1. The van der Waals surface area contributed by atoms with Crippen molar-refractivity contribution in [2.24, 2.45) is 5.41 Å². The number of carbonyl (C=O) groups excluding carboxylic acids is 2. The Bertz CT molecular complexity index is 989. The lowest BCUT2D eigenvalue weighted by molar-refractivity contribution is -0.136. The van der Waals surface area contributed by atoms with Crippen LogP contribution in [0.5, 0.6) is 0 Å². The quantitative estimate of drug-likeness (QED) is 0.622. The van der Waals surface area contributed by atoms with E-state index >= 15 is 0 Å². The molecular formula is C23H29N5O3. The number of ether oxygens (including phenoxy) is 1. The molecule has 8 heteroatoms. The maximum atomic E-state index is 12.8. The van der Waals surface area contributed by atoms with E-state index in [0.29, 0.717) is 29.9 Å². The van der Waals surface area contributed by atoms with Crippen LogP contribution in [0.25, 0.3) is 0 Å². The van der Waals surface area contributed by atoms with Crippen LogP contribution >= 0.6 is 0 Å². The van der Waals surface area contributed by atoms with Gasteiger partial charge < -0.3 is 20.7 Å². The van der Waals surface area contributed by atoms with Gasteiger partial charge in [0.1, 0.15) is 0 Å². The summed E-state index contributed by atoms with van der Waals surface area (Å²) in [6.45, 7) is 4.24. The monoisotopic (exact) mass is 423 g/mol. The third-order valence-corrected chi connectivity index (χ3v) is 6.04. The molecule has 3 N–H and O–H groups in total. The minimum Gasteiger partial charge on any atom is -0.466 e. The van der Waals surface area contributed by atoms with Crippen molar-refractivity contribution in [3.8, 4) is 0 Å². The number of nitrogens with one attached hydrogen (secondary N) is 3. The second kappa shape index (κ2) is 8.53. The summed E-state index contributed by atoms with van der Waals surface area (Å²) in [4.78, 5) is 24.9. The van der Waals surface area contributed by atoms with Crippen molar-refractivity contribution in [1.29, 1.82) is 0 Å². The minimum atomic E-state index is -0.396. The summed E-state index contributed by atoms with van der Waals surface area (Å²) in [6.07, 6.45) is 8.32. The van der Waals surface area contributed by atoms with Crippen molar-refractivity contribution in [3.05, 3.63) is 52.3 Å². The molecule has 8 nitrogen and oxygen atoms in total. The van der Waals surface area contributed by atoms with Gasteiger partial charge in [-0.3, -0.25) is 4.79 Å². The Morgan fingerprint density at radius 1 is 1.13 bits per heavy atom. The van der Waals surface area contributed by atoms with Gasteiger partial charge in [0.15, 0.2) is 11.5 Å². The van der Waals surface area contributed by atoms with E-state index < -0.39 is 5.97 Å². The smallest absolute Gasteiger partial charge is 0.335 e. The van der Waals surface area contributed by atoms with Gasteiger partial charge in [0.25, 0.3) is 5.91 Å². The summed E-state index contributed by atoms with van der Waals surface area (Å²) in [6, 6.07) is 3.39. The Morgan fingerprint density at radius 3 is 2.71 bits per heavy atom. The molecule has 0 aromatic carbocycles. The number of nitrogens with zero attached hydrogens (tertiary/aromatic N) is 2. The largest absolute Gasteiger partial charge is 0.466 e. The van der Waals surface area contributed by atoms with Crippen LogP contribution in [-0.4, -0.2) is 29.2 Å². The Balaban J connectivity index is 1.45. The zero-order valence-corrected chi connectivity index (χ0v) is 18.3. The van der Waals surface area contributed by atoms with E-state index in [1.807, 2.05) is 0 Å². The van der Waals surface area contributed by atoms with Crippen LogP contribution in [0, 0.1) is 5.41 Å². The van der Waals surface area contributed by atoms with Crippen molar-refractivity contribution < 1.29 is 14.3 Å². The predicted molar refractivity (Wildman–Crippen MR) is 117 cm³/mol. The molecule has 164 valence electrons. The first-order chi connectivity index (χ1) is 14.8. The molecule has 2 bridgehead atoms. The van der Waals surface area contributed by atoms with Crippen LogP contribution in [0.15, 0.2) is 46.6 Å². The van der Waals surface area contributed by atoms with Gasteiger partial charge in [-0.15, -0.1) is 10.2 Å². The summed E-state index contributed by atoms with van der Waals surface area (Å²) in [5, 5.41) is 17.9. The van der Waals surface area contributed by atoms with Crippen LogP contribution in [0.1, 0.15) is 69.3 Å². The molecule has 3 aliphatic rings. The fraction of sp³-hybridized carbons (Fsp3) is 0.478. The molecule has 1 aliphatic carbocycles. The number of aromatic nitrogens is 2. The summed E-state index contributed by atoms with van der Waals surface area (Å²) in [5.74, 6) is -0.183. The molecule has 3 heterocycles. The third-order valence-electron chi connectivity index (χ3n) is 6.04. The van der Waals surface area contributed by atoms with Crippen molar-refractivity contribution in [2.75, 3.05) is 12.4 Å². The fourth-order valence-corrected chi connectivity index (χ4v) is 4.26. The molecular weight excluding hydrogens is 394 g/mol. The van der Waals surface area contributed by atoms with Crippen molar-refractivity contribution in [3.63, 3.8) is 0 Å². The van der Waals surface area contributed by atoms with Gasteiger partial charge in [0, 0.05) is 29.2 Å². The molecule has 1 aromatic rings. The SMILES string of the molecule is COC(=O)C1=C(NC(=O)c2ccc(NC3=C4CCCC(=CC3)N4)nn2)CC(C)(C)CC1. The predicted octanol–water partition coefficient (Wildman–Crippen LogP) is 3.53. The first kappa shape index (κ1) is 21.1. The second-order valence-electron chi connectivity index (χ2n) is 9.04. The zero-order valence-electron chi connectivity index (χ0n) is 18.3. The fourth-order valence-electron chi connectivity index (χ4n) is 4.26. The lowest BCUT2D eigenvalue weighted by atomic mass is 9.76. The van der Waals surface area contributed by atoms with Crippen LogP contribution in [0.2, 0.25) is 0 Å². The summed E-state index contributed by atoms with van der Waals surface area (Å²) < 4.78 is 4.89. The molecule has 1 fully saturated rings. The Kier molecular flexibility index (Phi) is 5.80. The van der Waals surface area contributed by atoms with Gasteiger partial charge >= 0.3 is 5.97 Å². The molecule has 0 atom stereocenters. The highest BCUT2D eigenvalue weighted by atomic mass is 16.5. The van der Waals surface area contributed by atoms with Crippen molar-refractivity contribution in [1.82, 2.24) is 20.8 Å². The lowest BCUT2D eigenvalue weighted by Gasteiger charge is -2.32. The molecule has 0 unspecified atom stereocenters. The molecule has 2 aliphatic heterocycles. The molecule has 31 heavy (non-hydrogen) atoms. The van der Waals surface area contributed by atoms with Crippen molar-refractivity contribution in [2.45, 2.75) is 58.8 Å². The first-order valence-corrected chi connectivity index (χ1v) is 10.8. The van der Waals surface area contributed by atoms with Crippen molar-refractivity contribution >= 4 is 17.7 Å². The number of amides is 1. The highest BCUT2D eigenvalue weighted by Gasteiger charge is 2.31. The van der Waals surface area contributed by atoms with Crippen LogP contribution in [-0.2, 0) is 9.53 Å². The molecule has 1 saturated heterocycles. The zero-order chi connectivity index (χ0) is 22.0. The van der Waals surface area contributed by atoms with Crippen LogP contribution < -0.4 is 16.0 Å². The number of hydrogen-bond donors (Lipinski definition) is 3. The maximum absolute atomic E-state index is 12.8. The van der Waals surface area contributed by atoms with E-state index in [1.165, 1.54) is 18.5 Å². The number of methoxy groups -OCH3 is 1. The number of rotatable bonds is 5. The van der Waals surface area contributed by atoms with E-state index in [1.54, 1.807) is 12.1 Å². The maximum Gasteiger partial charge on any atom is 0.335 e. The van der Waals surface area contributed by atoms with Gasteiger partial charge in [-0.2, -0.15) is 0 Å². The summed E-state index contributed by atoms with van der Waals surface area (Å²) in [5.41, 5.74) is 4.91. The van der Waals surface area contributed by atoms with Crippen LogP contribution in [0.4, 0.5) is 5.82 Å². The number of carbonyl (C=O) groups is 2. The normalized spacial score (nSPS) is 19.9. The molecule has 1 amide bonds. The number of esters is 1. The van der Waals surface area contributed by atoms with E-state index in [4.69, 9.17) is 4.74 Å². The first-order valence-electron chi connectivity index (χ1n) is 10.8. The standard InChI is InChI=1S/C23H29N5O3/c1-23(2)12-11-15(22(30)31-3)19(13-23)26-21(29)18-9-10-20(28-27-18)25-17-8-7-14-5-4-6-16(17)24-14/h7,9-10,24H,4-6,8,11-13H2,1-3H3,(H,25,28)(H,26,29). The number of piperidine rings is 1. The Labute approximate surface area is 182 Å². The van der Waals surface area contributed by atoms with Gasteiger partial charge in [0.2, 0.25) is 0 Å². The van der Waals surface area contributed by atoms with E-state index in [0.717, 1.165) is 37.8 Å². The molecule has 4 rings (SSSR count). The Hall–Kier alpha value is -3.16. The topological polar surface area (TPSA) is 105 Å². The molecule has 0 saturated carbocycles. The average molecular weight is 424 g/mol. The number of hydrogen-bond acceptors (Lipinski definition) is 7. The van der Waals surface area contributed by atoms with Gasteiger partial charge in [-0.1, -0.05) is 19.9 Å². The number of fused-ring (bicyclic) bond motifs is 2. The highest BCUT2D eigenvalue weighted by Crippen LogP contribution is 2.38. The third kappa shape index (κ3) is 4.78. The Morgan fingerprint density at radius 2 is 1.97 bits per heavy atom. The minimum absolute atomic E-state index is 0.00402. The molecule has 0 radical (unpaired) electrons. The highest BCUT2D eigenvalue weighted by molar-refractivity contribution is 5.96. The van der Waals surface area contributed by atoms with E-state index in [2.05, 4.69) is 46.1 Å². The van der Waals surface area contributed by atoms with Gasteiger partial charge in [-0.05, 0) is 56.1 Å². The molecule has 1 aromatic heterocycles. The number of dihydropyridines is 1. The van der Waals surface area contributed by atoms with Crippen LogP contribution in [0.3, 0.4) is 0 Å². The van der Waals surface area contributed by atoms with E-state index in [-0.39, 0.29) is 17.0 Å². The lowest BCUT2D eigenvalue weighted by Crippen LogP contribution is -2.33. The molecule has 0 spiro atoms. The summed E-state index contributed by atoms with van der Waals surface area (Å²) >= 11 is 0. The summed E-state index contributed by atoms with van der Waals surface area (Å²) in [7, 11) is 1.35. The number of allylic oxidation sites excluding steroid dienone is 4.